The second-order valence-electron chi connectivity index (χ2n) is 2.88. The largest absolute Gasteiger partial charge is 0.392 e. The van der Waals surface area contributed by atoms with E-state index >= 15 is 0 Å². The van der Waals surface area contributed by atoms with Crippen molar-refractivity contribution in [3.8, 4) is 0 Å². The summed E-state index contributed by atoms with van der Waals surface area (Å²) in [5, 5.41) is 12.3. The molecule has 0 unspecified atom stereocenters. The highest BCUT2D eigenvalue weighted by Crippen LogP contribution is 2.33. The van der Waals surface area contributed by atoms with Crippen LogP contribution < -0.4 is 0 Å². The molecular formula is C10H7ClO2S. The van der Waals surface area contributed by atoms with Gasteiger partial charge in [-0.2, -0.15) is 0 Å². The predicted octanol–water partition coefficient (Wildman–Crippen LogP) is 2.86. The fourth-order valence-electron chi connectivity index (χ4n) is 1.40. The van der Waals surface area contributed by atoms with Gasteiger partial charge in [0.05, 0.1) is 11.6 Å². The molecule has 2 aromatic rings. The minimum absolute atomic E-state index is 0.147. The number of aldehydes is 1. The van der Waals surface area contributed by atoms with E-state index in [4.69, 9.17) is 16.7 Å². The maximum atomic E-state index is 10.8. The Morgan fingerprint density at radius 3 is 3.00 bits per heavy atom. The summed E-state index contributed by atoms with van der Waals surface area (Å²) in [6.45, 7) is -0.147. The normalized spacial score (nSPS) is 10.7. The lowest BCUT2D eigenvalue weighted by Crippen LogP contribution is -1.89. The van der Waals surface area contributed by atoms with Crippen molar-refractivity contribution in [1.82, 2.24) is 0 Å². The minimum Gasteiger partial charge on any atom is -0.392 e. The average molecular weight is 227 g/mol. The third kappa shape index (κ3) is 1.34. The number of benzene rings is 1. The standard InChI is InChI=1S/C10H7ClO2S/c11-9-6(4-12)3-7(5-13)10-8(9)1-2-14-10/h1-3,5,12H,4H2. The molecule has 4 heteroatoms. The number of aliphatic hydroxyl groups is 1. The Morgan fingerprint density at radius 2 is 2.36 bits per heavy atom. The van der Waals surface area contributed by atoms with Gasteiger partial charge < -0.3 is 5.11 Å². The third-order valence-electron chi connectivity index (χ3n) is 2.07. The van der Waals surface area contributed by atoms with Gasteiger partial charge in [0.25, 0.3) is 0 Å². The van der Waals surface area contributed by atoms with Crippen LogP contribution >= 0.6 is 22.9 Å². The van der Waals surface area contributed by atoms with E-state index in [1.165, 1.54) is 11.3 Å². The summed E-state index contributed by atoms with van der Waals surface area (Å²) in [4.78, 5) is 10.8. The van der Waals surface area contributed by atoms with Crippen LogP contribution in [-0.4, -0.2) is 11.4 Å². The van der Waals surface area contributed by atoms with E-state index < -0.39 is 0 Å². The highest BCUT2D eigenvalue weighted by molar-refractivity contribution is 7.17. The molecule has 2 rings (SSSR count). The fourth-order valence-corrected chi connectivity index (χ4v) is 2.61. The molecule has 1 heterocycles. The molecular weight excluding hydrogens is 220 g/mol. The lowest BCUT2D eigenvalue weighted by atomic mass is 10.1. The molecule has 0 aliphatic rings. The number of fused-ring (bicyclic) bond motifs is 1. The minimum atomic E-state index is -0.147. The molecule has 0 saturated carbocycles. The van der Waals surface area contributed by atoms with Crippen LogP contribution in [0.15, 0.2) is 17.5 Å². The van der Waals surface area contributed by atoms with E-state index in [9.17, 15) is 4.79 Å². The highest BCUT2D eigenvalue weighted by atomic mass is 35.5. The van der Waals surface area contributed by atoms with Crippen LogP contribution in [0.25, 0.3) is 10.1 Å². The highest BCUT2D eigenvalue weighted by Gasteiger charge is 2.10. The van der Waals surface area contributed by atoms with Gasteiger partial charge in [0.15, 0.2) is 6.29 Å². The van der Waals surface area contributed by atoms with Crippen LogP contribution in [0.3, 0.4) is 0 Å². The van der Waals surface area contributed by atoms with E-state index in [0.717, 1.165) is 16.4 Å². The zero-order chi connectivity index (χ0) is 10.1. The summed E-state index contributed by atoms with van der Waals surface area (Å²) in [7, 11) is 0. The molecule has 0 bridgehead atoms. The Balaban J connectivity index is 2.86. The Hall–Kier alpha value is -0.900. The molecule has 2 nitrogen and oxygen atoms in total. The monoisotopic (exact) mass is 226 g/mol. The summed E-state index contributed by atoms with van der Waals surface area (Å²) in [5.74, 6) is 0. The number of hydrogen-bond acceptors (Lipinski definition) is 3. The van der Waals surface area contributed by atoms with Crippen LogP contribution in [0.5, 0.6) is 0 Å². The van der Waals surface area contributed by atoms with Crippen molar-refractivity contribution in [3.63, 3.8) is 0 Å². The summed E-state index contributed by atoms with van der Waals surface area (Å²) in [5.41, 5.74) is 1.18. The smallest absolute Gasteiger partial charge is 0.151 e. The molecule has 14 heavy (non-hydrogen) atoms. The van der Waals surface area contributed by atoms with Crippen molar-refractivity contribution in [1.29, 1.82) is 0 Å². The first kappa shape index (κ1) is 9.65. The van der Waals surface area contributed by atoms with Gasteiger partial charge in [-0.3, -0.25) is 4.79 Å². The molecule has 1 aromatic carbocycles. The molecule has 0 aliphatic heterocycles. The van der Waals surface area contributed by atoms with Crippen LogP contribution in [0.4, 0.5) is 0 Å². The Kier molecular flexibility index (Phi) is 2.54. The predicted molar refractivity (Wildman–Crippen MR) is 58.1 cm³/mol. The third-order valence-corrected chi connectivity index (χ3v) is 3.48. The summed E-state index contributed by atoms with van der Waals surface area (Å²) in [6.07, 6.45) is 0.786. The van der Waals surface area contributed by atoms with Gasteiger partial charge in [-0.15, -0.1) is 11.3 Å². The molecule has 0 fully saturated rings. The van der Waals surface area contributed by atoms with Crippen molar-refractivity contribution in [2.75, 3.05) is 0 Å². The Morgan fingerprint density at radius 1 is 1.57 bits per heavy atom. The van der Waals surface area contributed by atoms with Gasteiger partial charge >= 0.3 is 0 Å². The van der Waals surface area contributed by atoms with E-state index in [1.807, 2.05) is 11.4 Å². The van der Waals surface area contributed by atoms with Crippen LogP contribution in [0.1, 0.15) is 15.9 Å². The molecule has 72 valence electrons. The molecule has 1 N–H and O–H groups in total. The molecule has 1 aromatic heterocycles. The molecule has 0 atom stereocenters. The Bertz CT molecular complexity index is 490. The first-order valence-corrected chi connectivity index (χ1v) is 5.28. The van der Waals surface area contributed by atoms with E-state index in [2.05, 4.69) is 0 Å². The lowest BCUT2D eigenvalue weighted by molar-refractivity contribution is 0.112. The zero-order valence-electron chi connectivity index (χ0n) is 7.16. The maximum absolute atomic E-state index is 10.8. The van der Waals surface area contributed by atoms with Crippen molar-refractivity contribution in [3.05, 3.63) is 33.7 Å². The van der Waals surface area contributed by atoms with Crippen LogP contribution in [0, 0.1) is 0 Å². The van der Waals surface area contributed by atoms with E-state index in [0.29, 0.717) is 16.1 Å². The number of halogens is 1. The second-order valence-corrected chi connectivity index (χ2v) is 4.17. The average Bonchev–Trinajstić information content (AvgIpc) is 2.68. The SMILES string of the molecule is O=Cc1cc(CO)c(Cl)c2ccsc12. The molecule has 0 saturated heterocycles. The maximum Gasteiger partial charge on any atom is 0.151 e. The number of hydrogen-bond donors (Lipinski definition) is 1. The molecule has 0 aliphatic carbocycles. The topological polar surface area (TPSA) is 37.3 Å². The van der Waals surface area contributed by atoms with Gasteiger partial charge in [0.1, 0.15) is 0 Å². The molecule has 0 radical (unpaired) electrons. The summed E-state index contributed by atoms with van der Waals surface area (Å²) >= 11 is 7.52. The first-order valence-electron chi connectivity index (χ1n) is 4.02. The van der Waals surface area contributed by atoms with Crippen molar-refractivity contribution < 1.29 is 9.90 Å². The van der Waals surface area contributed by atoms with Gasteiger partial charge in [-0.05, 0) is 23.1 Å². The number of thiophene rings is 1. The van der Waals surface area contributed by atoms with Gasteiger partial charge in [-0.1, -0.05) is 11.6 Å². The molecule has 0 spiro atoms. The number of rotatable bonds is 2. The summed E-state index contributed by atoms with van der Waals surface area (Å²) < 4.78 is 0.877. The van der Waals surface area contributed by atoms with Crippen molar-refractivity contribution in [2.24, 2.45) is 0 Å². The second kappa shape index (κ2) is 3.69. The van der Waals surface area contributed by atoms with E-state index in [-0.39, 0.29) is 6.61 Å². The van der Waals surface area contributed by atoms with Gasteiger partial charge in [0.2, 0.25) is 0 Å². The fraction of sp³-hybridized carbons (Fsp3) is 0.100. The number of carbonyl (C=O) groups excluding carboxylic acids is 1. The van der Waals surface area contributed by atoms with Crippen molar-refractivity contribution in [2.45, 2.75) is 6.61 Å². The van der Waals surface area contributed by atoms with Crippen molar-refractivity contribution >= 4 is 39.3 Å². The first-order chi connectivity index (χ1) is 6.77. The van der Waals surface area contributed by atoms with E-state index in [1.54, 1.807) is 6.07 Å². The Labute approximate surface area is 89.7 Å². The van der Waals surface area contributed by atoms with Gasteiger partial charge in [-0.25, -0.2) is 0 Å². The van der Waals surface area contributed by atoms with Gasteiger partial charge in [0, 0.05) is 15.6 Å². The van der Waals surface area contributed by atoms with Crippen LogP contribution in [0.2, 0.25) is 5.02 Å². The zero-order valence-corrected chi connectivity index (χ0v) is 8.73. The number of aliphatic hydroxyl groups excluding tert-OH is 1. The quantitative estimate of drug-likeness (QED) is 0.800. The number of carbonyl (C=O) groups is 1. The molecule has 0 amide bonds. The van der Waals surface area contributed by atoms with Crippen LogP contribution in [-0.2, 0) is 6.61 Å². The summed E-state index contributed by atoms with van der Waals surface area (Å²) in [6, 6.07) is 3.49. The lowest BCUT2D eigenvalue weighted by Gasteiger charge is -2.03.